The molecule has 6 heteroatoms. The van der Waals surface area contributed by atoms with E-state index in [0.29, 0.717) is 10.9 Å². The predicted octanol–water partition coefficient (Wildman–Crippen LogP) is 2.90. The van der Waals surface area contributed by atoms with Gasteiger partial charge in [0.2, 0.25) is 0 Å². The zero-order valence-corrected chi connectivity index (χ0v) is 15.8. The normalized spacial score (nSPS) is 11.2. The van der Waals surface area contributed by atoms with Crippen LogP contribution in [-0.4, -0.2) is 20.8 Å². The van der Waals surface area contributed by atoms with Gasteiger partial charge in [-0.3, -0.25) is 13.9 Å². The highest BCUT2D eigenvalue weighted by atomic mass is 16.5. The minimum atomic E-state index is -0.311. The van der Waals surface area contributed by atoms with Gasteiger partial charge in [-0.25, -0.2) is 4.79 Å². The fourth-order valence-corrected chi connectivity index (χ4v) is 3.36. The molecule has 0 aliphatic rings. The van der Waals surface area contributed by atoms with Crippen LogP contribution in [0.4, 0.5) is 0 Å². The monoisotopic (exact) mass is 355 g/mol. The van der Waals surface area contributed by atoms with E-state index in [1.54, 1.807) is 18.7 Å². The van der Waals surface area contributed by atoms with Gasteiger partial charge in [-0.15, -0.1) is 0 Å². The van der Waals surface area contributed by atoms with Gasteiger partial charge in [-0.2, -0.15) is 0 Å². The van der Waals surface area contributed by atoms with Crippen molar-refractivity contribution in [3.8, 4) is 17.0 Å². The molecule has 0 unspecified atom stereocenters. The van der Waals surface area contributed by atoms with Crippen LogP contribution in [-0.2, 0) is 20.6 Å². The Hall–Kier alpha value is -2.76. The van der Waals surface area contributed by atoms with E-state index in [2.05, 4.69) is 11.5 Å². The standard InChI is InChI=1S/C20H25N3O3/c1-5-6-7-12-23-13-16-17(19(24)22(3)20(25)21(16)2)18(23)14-8-10-15(26-4)11-9-14/h8-11,13H,5-7,12H2,1-4H3. The number of hydrogen-bond donors (Lipinski definition) is 0. The Labute approximate surface area is 152 Å². The topological polar surface area (TPSA) is 58.2 Å². The van der Waals surface area contributed by atoms with Crippen LogP contribution in [0.2, 0.25) is 0 Å². The van der Waals surface area contributed by atoms with Crippen molar-refractivity contribution in [3.05, 3.63) is 51.3 Å². The van der Waals surface area contributed by atoms with E-state index in [4.69, 9.17) is 4.74 Å². The summed E-state index contributed by atoms with van der Waals surface area (Å²) in [6, 6.07) is 7.68. The van der Waals surface area contributed by atoms with Gasteiger partial charge in [0.25, 0.3) is 5.56 Å². The van der Waals surface area contributed by atoms with E-state index in [9.17, 15) is 9.59 Å². The summed E-state index contributed by atoms with van der Waals surface area (Å²) < 4.78 is 10.1. The third-order valence-corrected chi connectivity index (χ3v) is 4.88. The van der Waals surface area contributed by atoms with Crippen LogP contribution in [0.5, 0.6) is 5.75 Å². The zero-order chi connectivity index (χ0) is 18.8. The number of methoxy groups -OCH3 is 1. The molecule has 0 fully saturated rings. The van der Waals surface area contributed by atoms with Gasteiger partial charge in [-0.05, 0) is 36.2 Å². The largest absolute Gasteiger partial charge is 0.497 e. The first kappa shape index (κ1) is 18.0. The summed E-state index contributed by atoms with van der Waals surface area (Å²) in [6.45, 7) is 2.97. The number of aryl methyl sites for hydroxylation is 2. The molecule has 0 amide bonds. The molecular formula is C20H25N3O3. The maximum atomic E-state index is 12.9. The minimum Gasteiger partial charge on any atom is -0.497 e. The number of hydrogen-bond acceptors (Lipinski definition) is 3. The third kappa shape index (κ3) is 2.96. The van der Waals surface area contributed by atoms with Crippen LogP contribution in [0.15, 0.2) is 40.1 Å². The molecule has 0 bridgehead atoms. The van der Waals surface area contributed by atoms with Gasteiger partial charge in [0.1, 0.15) is 5.75 Å². The first-order chi connectivity index (χ1) is 12.5. The number of fused-ring (bicyclic) bond motifs is 1. The summed E-state index contributed by atoms with van der Waals surface area (Å²) in [5.74, 6) is 0.766. The lowest BCUT2D eigenvalue weighted by Crippen LogP contribution is -2.36. The number of nitrogens with zero attached hydrogens (tertiary/aromatic N) is 3. The van der Waals surface area contributed by atoms with Crippen molar-refractivity contribution in [3.63, 3.8) is 0 Å². The molecule has 26 heavy (non-hydrogen) atoms. The average molecular weight is 355 g/mol. The highest BCUT2D eigenvalue weighted by molar-refractivity contribution is 5.93. The first-order valence-electron chi connectivity index (χ1n) is 8.92. The lowest BCUT2D eigenvalue weighted by atomic mass is 10.1. The molecule has 6 nitrogen and oxygen atoms in total. The molecule has 0 aliphatic heterocycles. The Morgan fingerprint density at radius 3 is 2.31 bits per heavy atom. The molecule has 0 radical (unpaired) electrons. The minimum absolute atomic E-state index is 0.261. The van der Waals surface area contributed by atoms with Crippen LogP contribution < -0.4 is 16.0 Å². The molecule has 0 aliphatic carbocycles. The van der Waals surface area contributed by atoms with Gasteiger partial charge >= 0.3 is 5.69 Å². The lowest BCUT2D eigenvalue weighted by Gasteiger charge is -2.10. The van der Waals surface area contributed by atoms with Crippen molar-refractivity contribution >= 4 is 10.9 Å². The molecule has 2 aromatic heterocycles. The third-order valence-electron chi connectivity index (χ3n) is 4.88. The van der Waals surface area contributed by atoms with E-state index in [1.165, 1.54) is 11.6 Å². The molecular weight excluding hydrogens is 330 g/mol. The Morgan fingerprint density at radius 2 is 1.69 bits per heavy atom. The summed E-state index contributed by atoms with van der Waals surface area (Å²) >= 11 is 0. The molecule has 1 aromatic carbocycles. The Bertz CT molecular complexity index is 1040. The van der Waals surface area contributed by atoms with Gasteiger partial charge in [0.05, 0.1) is 23.7 Å². The van der Waals surface area contributed by atoms with Crippen molar-refractivity contribution in [2.75, 3.05) is 7.11 Å². The number of unbranched alkanes of at least 4 members (excludes halogenated alkanes) is 2. The number of ether oxygens (including phenoxy) is 1. The number of benzene rings is 1. The van der Waals surface area contributed by atoms with Crippen molar-refractivity contribution in [1.82, 2.24) is 13.7 Å². The van der Waals surface area contributed by atoms with E-state index in [0.717, 1.165) is 42.8 Å². The maximum absolute atomic E-state index is 12.9. The Morgan fingerprint density at radius 1 is 1.00 bits per heavy atom. The average Bonchev–Trinajstić information content (AvgIpc) is 3.04. The fourth-order valence-electron chi connectivity index (χ4n) is 3.36. The number of aromatic nitrogens is 3. The van der Waals surface area contributed by atoms with Crippen LogP contribution in [0.25, 0.3) is 22.2 Å². The van der Waals surface area contributed by atoms with Gasteiger partial charge in [0, 0.05) is 26.8 Å². The summed E-state index contributed by atoms with van der Waals surface area (Å²) in [6.07, 6.45) is 5.19. The summed E-state index contributed by atoms with van der Waals surface area (Å²) in [5, 5.41) is 0.580. The van der Waals surface area contributed by atoms with Gasteiger partial charge < -0.3 is 9.30 Å². The van der Waals surface area contributed by atoms with Crippen molar-refractivity contribution in [2.45, 2.75) is 32.7 Å². The molecule has 3 aromatic rings. The second-order valence-electron chi connectivity index (χ2n) is 6.57. The Kier molecular flexibility index (Phi) is 5.02. The quantitative estimate of drug-likeness (QED) is 0.639. The molecule has 138 valence electrons. The summed E-state index contributed by atoms with van der Waals surface area (Å²) in [4.78, 5) is 25.2. The lowest BCUT2D eigenvalue weighted by molar-refractivity contribution is 0.415. The van der Waals surface area contributed by atoms with Gasteiger partial charge in [-0.1, -0.05) is 19.8 Å². The second kappa shape index (κ2) is 7.23. The first-order valence-corrected chi connectivity index (χ1v) is 8.92. The fraction of sp³-hybridized carbons (Fsp3) is 0.400. The van der Waals surface area contributed by atoms with E-state index in [-0.39, 0.29) is 11.2 Å². The molecule has 0 N–H and O–H groups in total. The molecule has 0 saturated carbocycles. The molecule has 2 heterocycles. The zero-order valence-electron chi connectivity index (χ0n) is 15.8. The summed E-state index contributed by atoms with van der Waals surface area (Å²) in [5.41, 5.74) is 1.89. The van der Waals surface area contributed by atoms with Crippen LogP contribution in [0.1, 0.15) is 26.2 Å². The Balaban J connectivity index is 2.30. The maximum Gasteiger partial charge on any atom is 0.330 e. The SMILES string of the molecule is CCCCCn1cc2c(c1-c1ccc(OC)cc1)c(=O)n(C)c(=O)n2C. The molecule has 3 rings (SSSR count). The molecule has 0 saturated heterocycles. The molecule has 0 atom stereocenters. The van der Waals surface area contributed by atoms with E-state index in [1.807, 2.05) is 30.5 Å². The van der Waals surface area contributed by atoms with E-state index >= 15 is 0 Å². The van der Waals surface area contributed by atoms with Crippen molar-refractivity contribution < 1.29 is 4.74 Å². The molecule has 0 spiro atoms. The highest BCUT2D eigenvalue weighted by Gasteiger charge is 2.19. The van der Waals surface area contributed by atoms with Crippen LogP contribution in [0.3, 0.4) is 0 Å². The second-order valence-corrected chi connectivity index (χ2v) is 6.57. The highest BCUT2D eigenvalue weighted by Crippen LogP contribution is 2.29. The van der Waals surface area contributed by atoms with Crippen LogP contribution in [0, 0.1) is 0 Å². The number of rotatable bonds is 6. The van der Waals surface area contributed by atoms with Crippen LogP contribution >= 0.6 is 0 Å². The van der Waals surface area contributed by atoms with Gasteiger partial charge in [0.15, 0.2) is 0 Å². The predicted molar refractivity (Wildman–Crippen MR) is 104 cm³/mol. The summed E-state index contributed by atoms with van der Waals surface area (Å²) in [7, 11) is 4.86. The smallest absolute Gasteiger partial charge is 0.330 e. The van der Waals surface area contributed by atoms with Crippen molar-refractivity contribution in [2.24, 2.45) is 14.1 Å². The van der Waals surface area contributed by atoms with Crippen molar-refractivity contribution in [1.29, 1.82) is 0 Å². The van der Waals surface area contributed by atoms with E-state index < -0.39 is 0 Å².